The van der Waals surface area contributed by atoms with Crippen molar-refractivity contribution in [2.75, 3.05) is 20.1 Å². The van der Waals surface area contributed by atoms with Gasteiger partial charge in [-0.15, -0.1) is 0 Å². The van der Waals surface area contributed by atoms with Gasteiger partial charge in [0.05, 0.1) is 17.1 Å². The van der Waals surface area contributed by atoms with Gasteiger partial charge >= 0.3 is 0 Å². The molecule has 3 aromatic rings. The number of hydrogen-bond donors (Lipinski definition) is 2. The van der Waals surface area contributed by atoms with Crippen LogP contribution in [-0.4, -0.2) is 69.8 Å². The van der Waals surface area contributed by atoms with E-state index in [1.807, 2.05) is 43.3 Å². The number of aryl methyl sites for hydroxylation is 1. The van der Waals surface area contributed by atoms with E-state index >= 15 is 0 Å². The minimum atomic E-state index is -1.02. The van der Waals surface area contributed by atoms with E-state index in [-0.39, 0.29) is 23.7 Å². The smallest absolute Gasteiger partial charge is 0.298 e. The van der Waals surface area contributed by atoms with Gasteiger partial charge in [0, 0.05) is 36.7 Å². The number of nitrogens with zero attached hydrogens (tertiary/aromatic N) is 2. The fourth-order valence-electron chi connectivity index (χ4n) is 8.27. The van der Waals surface area contributed by atoms with Gasteiger partial charge in [-0.1, -0.05) is 54.5 Å². The molecule has 2 aliphatic heterocycles. The molecule has 1 amide bonds. The van der Waals surface area contributed by atoms with Crippen LogP contribution in [-0.2, 0) is 23.1 Å². The van der Waals surface area contributed by atoms with E-state index in [9.17, 15) is 15.0 Å². The highest BCUT2D eigenvalue weighted by Gasteiger charge is 2.73. The molecular weight excluding hydrogens is 512 g/mol. The third kappa shape index (κ3) is 3.90. The second-order valence-electron chi connectivity index (χ2n) is 12.3. The van der Waals surface area contributed by atoms with Crippen LogP contribution in [0.2, 0.25) is 0 Å². The molecule has 3 aromatic carbocycles. The number of benzene rings is 3. The molecule has 41 heavy (non-hydrogen) atoms. The van der Waals surface area contributed by atoms with E-state index in [1.165, 1.54) is 5.56 Å². The van der Waals surface area contributed by atoms with Crippen molar-refractivity contribution in [2.45, 2.75) is 68.2 Å². The van der Waals surface area contributed by atoms with Crippen molar-refractivity contribution >= 4 is 5.91 Å². The average Bonchev–Trinajstić information content (AvgIpc) is 3.33. The first-order valence-electron chi connectivity index (χ1n) is 14.7. The Kier molecular flexibility index (Phi) is 6.15. The molecule has 0 unspecified atom stereocenters. The molecule has 5 atom stereocenters. The van der Waals surface area contributed by atoms with Crippen molar-refractivity contribution < 1.29 is 19.7 Å². The fraction of sp³-hybridized carbons (Fsp3) is 0.400. The molecule has 2 heterocycles. The predicted molar refractivity (Wildman–Crippen MR) is 157 cm³/mol. The summed E-state index contributed by atoms with van der Waals surface area (Å²) in [6.45, 7) is 3.70. The first kappa shape index (κ1) is 26.1. The molecule has 0 radical (unpaired) electrons. The third-order valence-electron chi connectivity index (χ3n) is 10.2. The maximum absolute atomic E-state index is 13.4. The highest BCUT2D eigenvalue weighted by Crippen LogP contribution is 2.65. The van der Waals surface area contributed by atoms with Crippen molar-refractivity contribution in [2.24, 2.45) is 0 Å². The van der Waals surface area contributed by atoms with Crippen LogP contribution in [0.1, 0.15) is 47.1 Å². The Labute approximate surface area is 241 Å². The second-order valence-corrected chi connectivity index (χ2v) is 12.3. The summed E-state index contributed by atoms with van der Waals surface area (Å²) in [4.78, 5) is 17.6. The van der Waals surface area contributed by atoms with Gasteiger partial charge in [0.2, 0.25) is 0 Å². The number of piperidine rings is 1. The summed E-state index contributed by atoms with van der Waals surface area (Å²) in [5.74, 6) is 6.18. The van der Waals surface area contributed by atoms with Gasteiger partial charge in [-0.25, -0.2) is 0 Å². The summed E-state index contributed by atoms with van der Waals surface area (Å²) in [6, 6.07) is 21.7. The molecule has 0 aromatic heterocycles. The van der Waals surface area contributed by atoms with Crippen molar-refractivity contribution in [3.63, 3.8) is 0 Å². The molecule has 7 rings (SSSR count). The van der Waals surface area contributed by atoms with Crippen LogP contribution >= 0.6 is 0 Å². The largest absolute Gasteiger partial charge is 0.504 e. The van der Waals surface area contributed by atoms with Crippen LogP contribution in [0, 0.1) is 18.8 Å². The molecule has 6 nitrogen and oxygen atoms in total. The summed E-state index contributed by atoms with van der Waals surface area (Å²) < 4.78 is 6.63. The van der Waals surface area contributed by atoms with Gasteiger partial charge in [-0.3, -0.25) is 9.69 Å². The van der Waals surface area contributed by atoms with Crippen molar-refractivity contribution in [1.82, 2.24) is 9.80 Å². The number of aliphatic hydroxyl groups is 1. The summed E-state index contributed by atoms with van der Waals surface area (Å²) in [5.41, 5.74) is 3.57. The Balaban J connectivity index is 1.22. The standard InChI is InChI=1S/C35H36N2O4/c1-23-7-6-10-25(21-23)11-14-30(39)36(2)27-15-17-35(40)29-22-26-12-13-28(38)32-31(26)34(35,33(27)41-32)18-20-37(29)19-16-24-8-4-3-5-9-24/h3-10,12-13,21,27,29,33,38,40H,15-20,22H2,1-2H3/t27-,29-,33+,34+,35-/m1/s1. The Hall–Kier alpha value is -3.79. The molecular formula is C35H36N2O4. The van der Waals surface area contributed by atoms with Crippen LogP contribution in [0.3, 0.4) is 0 Å². The van der Waals surface area contributed by atoms with Gasteiger partial charge in [0.15, 0.2) is 11.5 Å². The molecule has 2 N–H and O–H groups in total. The van der Waals surface area contributed by atoms with E-state index in [2.05, 4.69) is 41.0 Å². The summed E-state index contributed by atoms with van der Waals surface area (Å²) >= 11 is 0. The zero-order valence-electron chi connectivity index (χ0n) is 23.6. The van der Waals surface area contributed by atoms with Gasteiger partial charge in [-0.05, 0) is 80.5 Å². The van der Waals surface area contributed by atoms with Crippen molar-refractivity contribution in [1.29, 1.82) is 0 Å². The number of amides is 1. The number of hydrogen-bond acceptors (Lipinski definition) is 5. The molecule has 2 fully saturated rings. The predicted octanol–water partition coefficient (Wildman–Crippen LogP) is 3.98. The Morgan fingerprint density at radius 2 is 1.95 bits per heavy atom. The van der Waals surface area contributed by atoms with Gasteiger partial charge in [0.25, 0.3) is 5.91 Å². The monoisotopic (exact) mass is 548 g/mol. The number of carbonyl (C=O) groups excluding carboxylic acids is 1. The van der Waals surface area contributed by atoms with Crippen molar-refractivity contribution in [3.05, 3.63) is 94.5 Å². The first-order chi connectivity index (χ1) is 19.8. The fourth-order valence-corrected chi connectivity index (χ4v) is 8.27. The SMILES string of the molecule is Cc1cccc(C#CC(=O)N(C)[C@@H]2CC[C@@]3(O)[C@H]4Cc5ccc(O)c6c5[C@@]3(CCN4CCc3ccccc3)[C@H]2O6)c1. The van der Waals surface area contributed by atoms with Crippen LogP contribution < -0.4 is 4.74 Å². The van der Waals surface area contributed by atoms with Gasteiger partial charge < -0.3 is 19.8 Å². The molecule has 2 bridgehead atoms. The van der Waals surface area contributed by atoms with Crippen LogP contribution in [0.4, 0.5) is 0 Å². The first-order valence-corrected chi connectivity index (χ1v) is 14.7. The van der Waals surface area contributed by atoms with Crippen LogP contribution in [0.25, 0.3) is 0 Å². The zero-order valence-corrected chi connectivity index (χ0v) is 23.6. The lowest BCUT2D eigenvalue weighted by Gasteiger charge is -2.64. The highest BCUT2D eigenvalue weighted by molar-refractivity contribution is 5.94. The van der Waals surface area contributed by atoms with E-state index < -0.39 is 17.1 Å². The molecule has 1 spiro atoms. The number of aromatic hydroxyl groups is 1. The van der Waals surface area contributed by atoms with Crippen molar-refractivity contribution in [3.8, 4) is 23.3 Å². The van der Waals surface area contributed by atoms with Crippen LogP contribution in [0.5, 0.6) is 11.5 Å². The van der Waals surface area contributed by atoms with E-state index in [0.717, 1.165) is 41.8 Å². The summed E-state index contributed by atoms with van der Waals surface area (Å²) in [7, 11) is 1.79. The number of ether oxygens (including phenoxy) is 1. The number of likely N-dealkylation sites (tertiary alicyclic amines) is 1. The maximum Gasteiger partial charge on any atom is 0.298 e. The molecule has 2 aliphatic carbocycles. The Morgan fingerprint density at radius 1 is 1.12 bits per heavy atom. The average molecular weight is 549 g/mol. The Morgan fingerprint density at radius 3 is 2.76 bits per heavy atom. The molecule has 4 aliphatic rings. The minimum absolute atomic E-state index is 0.0582. The lowest BCUT2D eigenvalue weighted by molar-refractivity contribution is -0.199. The molecule has 210 valence electrons. The van der Waals surface area contributed by atoms with Crippen LogP contribution in [0.15, 0.2) is 66.7 Å². The normalized spacial score (nSPS) is 29.1. The number of rotatable bonds is 4. The second kappa shape index (κ2) is 9.65. The van der Waals surface area contributed by atoms with E-state index in [0.29, 0.717) is 31.4 Å². The minimum Gasteiger partial charge on any atom is -0.504 e. The number of carbonyl (C=O) groups is 1. The molecule has 1 saturated heterocycles. The van der Waals surface area contributed by atoms with E-state index in [4.69, 9.17) is 4.74 Å². The van der Waals surface area contributed by atoms with E-state index in [1.54, 1.807) is 18.0 Å². The highest BCUT2D eigenvalue weighted by atomic mass is 16.5. The molecule has 1 saturated carbocycles. The topological polar surface area (TPSA) is 73.2 Å². The summed E-state index contributed by atoms with van der Waals surface area (Å²) in [5, 5.41) is 23.7. The van der Waals surface area contributed by atoms with Gasteiger partial charge in [-0.2, -0.15) is 0 Å². The zero-order chi connectivity index (χ0) is 28.4. The lowest BCUT2D eigenvalue weighted by Crippen LogP contribution is -2.78. The van der Waals surface area contributed by atoms with Gasteiger partial charge in [0.1, 0.15) is 6.10 Å². The number of phenols is 1. The quantitative estimate of drug-likeness (QED) is 0.483. The number of phenolic OH excluding ortho intramolecular Hbond substituents is 1. The Bertz CT molecular complexity index is 1580. The summed E-state index contributed by atoms with van der Waals surface area (Å²) in [6.07, 6.45) is 3.04. The third-order valence-corrected chi connectivity index (χ3v) is 10.2. The lowest BCUT2D eigenvalue weighted by atomic mass is 9.48. The molecule has 6 heteroatoms. The number of likely N-dealkylation sites (N-methyl/N-ethyl adjacent to an activating group) is 1. The maximum atomic E-state index is 13.4.